The minimum atomic E-state index is 0.865. The molecule has 0 heterocycles. The van der Waals surface area contributed by atoms with E-state index in [1.807, 2.05) is 32.3 Å². The van der Waals surface area contributed by atoms with Crippen LogP contribution in [-0.2, 0) is 6.54 Å². The molecule has 1 aromatic carbocycles. The zero-order chi connectivity index (χ0) is 8.97. The maximum absolute atomic E-state index is 5.19. The van der Waals surface area contributed by atoms with Gasteiger partial charge in [-0.1, -0.05) is 12.1 Å². The van der Waals surface area contributed by atoms with Crippen LogP contribution in [0.3, 0.4) is 0 Å². The van der Waals surface area contributed by atoms with E-state index in [9.17, 15) is 0 Å². The second-order valence-electron chi connectivity index (χ2n) is 2.95. The molecule has 0 spiro atoms. The molecule has 2 heteroatoms. The van der Waals surface area contributed by atoms with Crippen LogP contribution in [0, 0.1) is 6.07 Å². The van der Waals surface area contributed by atoms with E-state index in [1.165, 1.54) is 0 Å². The predicted molar refractivity (Wildman–Crippen MR) is 49.2 cm³/mol. The van der Waals surface area contributed by atoms with Gasteiger partial charge in [0.2, 0.25) is 0 Å². The minimum Gasteiger partial charge on any atom is -0.496 e. The van der Waals surface area contributed by atoms with Gasteiger partial charge in [0.1, 0.15) is 5.75 Å². The molecule has 0 amide bonds. The number of benzene rings is 1. The van der Waals surface area contributed by atoms with E-state index >= 15 is 0 Å². The summed E-state index contributed by atoms with van der Waals surface area (Å²) < 4.78 is 5.19. The topological polar surface area (TPSA) is 12.5 Å². The second-order valence-corrected chi connectivity index (χ2v) is 2.95. The molecule has 12 heavy (non-hydrogen) atoms. The Morgan fingerprint density at radius 2 is 2.25 bits per heavy atom. The summed E-state index contributed by atoms with van der Waals surface area (Å²) in [5.74, 6) is 0.909. The van der Waals surface area contributed by atoms with E-state index in [1.54, 1.807) is 7.11 Å². The molecule has 65 valence electrons. The third-order valence-electron chi connectivity index (χ3n) is 1.59. The summed E-state index contributed by atoms with van der Waals surface area (Å²) in [6.45, 7) is 0.865. The van der Waals surface area contributed by atoms with Gasteiger partial charge < -0.3 is 9.64 Å². The van der Waals surface area contributed by atoms with Crippen LogP contribution < -0.4 is 4.74 Å². The Morgan fingerprint density at radius 3 is 2.83 bits per heavy atom. The first-order chi connectivity index (χ1) is 5.74. The maximum atomic E-state index is 5.19. The highest BCUT2D eigenvalue weighted by molar-refractivity contribution is 5.31. The molecule has 0 unspecified atom stereocenters. The van der Waals surface area contributed by atoms with Crippen LogP contribution in [0.2, 0.25) is 0 Å². The highest BCUT2D eigenvalue weighted by Gasteiger charge is 2.01. The predicted octanol–water partition coefficient (Wildman–Crippen LogP) is 1.56. The fraction of sp³-hybridized carbons (Fsp3) is 0.400. The third-order valence-corrected chi connectivity index (χ3v) is 1.59. The fourth-order valence-corrected chi connectivity index (χ4v) is 1.09. The molecule has 1 rings (SSSR count). The van der Waals surface area contributed by atoms with Crippen molar-refractivity contribution in [1.82, 2.24) is 4.90 Å². The van der Waals surface area contributed by atoms with Gasteiger partial charge in [-0.25, -0.2) is 0 Å². The van der Waals surface area contributed by atoms with Gasteiger partial charge in [-0.3, -0.25) is 0 Å². The van der Waals surface area contributed by atoms with Crippen molar-refractivity contribution < 1.29 is 4.74 Å². The molecule has 0 atom stereocenters. The lowest BCUT2D eigenvalue weighted by Crippen LogP contribution is -2.11. The first-order valence-corrected chi connectivity index (χ1v) is 3.92. The fourth-order valence-electron chi connectivity index (χ4n) is 1.09. The van der Waals surface area contributed by atoms with Gasteiger partial charge in [0.15, 0.2) is 0 Å². The summed E-state index contributed by atoms with van der Waals surface area (Å²) in [5, 5.41) is 0. The number of hydrogen-bond donors (Lipinski definition) is 0. The van der Waals surface area contributed by atoms with Gasteiger partial charge in [0, 0.05) is 12.1 Å². The van der Waals surface area contributed by atoms with Gasteiger partial charge in [0.25, 0.3) is 0 Å². The molecule has 1 radical (unpaired) electrons. The summed E-state index contributed by atoms with van der Waals surface area (Å²) in [6.07, 6.45) is 0. The van der Waals surface area contributed by atoms with Gasteiger partial charge in [0.05, 0.1) is 7.11 Å². The molecule has 0 aliphatic rings. The number of methoxy groups -OCH3 is 1. The Balaban J connectivity index is 2.82. The molecule has 2 nitrogen and oxygen atoms in total. The lowest BCUT2D eigenvalue weighted by molar-refractivity contribution is 0.371. The summed E-state index contributed by atoms with van der Waals surface area (Å²) in [7, 11) is 5.74. The second kappa shape index (κ2) is 4.12. The van der Waals surface area contributed by atoms with E-state index < -0.39 is 0 Å². The average Bonchev–Trinajstić information content (AvgIpc) is 2.04. The van der Waals surface area contributed by atoms with Crippen molar-refractivity contribution in [2.75, 3.05) is 21.2 Å². The van der Waals surface area contributed by atoms with Crippen LogP contribution in [0.4, 0.5) is 0 Å². The van der Waals surface area contributed by atoms with Crippen molar-refractivity contribution in [2.45, 2.75) is 6.54 Å². The SMILES string of the molecule is COc1ccc[c]c1CN(C)C. The van der Waals surface area contributed by atoms with Crippen molar-refractivity contribution in [3.8, 4) is 5.75 Å². The van der Waals surface area contributed by atoms with Crippen LogP contribution in [0.1, 0.15) is 5.56 Å². The molecule has 0 aliphatic carbocycles. The maximum Gasteiger partial charge on any atom is 0.123 e. The average molecular weight is 164 g/mol. The van der Waals surface area contributed by atoms with E-state index in [4.69, 9.17) is 4.74 Å². The van der Waals surface area contributed by atoms with Crippen molar-refractivity contribution in [3.63, 3.8) is 0 Å². The molecule has 0 aliphatic heterocycles. The Labute approximate surface area is 73.8 Å². The lowest BCUT2D eigenvalue weighted by Gasteiger charge is -2.12. The van der Waals surface area contributed by atoms with Gasteiger partial charge in [-0.05, 0) is 26.2 Å². The Morgan fingerprint density at radius 1 is 1.50 bits per heavy atom. The molecule has 0 saturated carbocycles. The van der Waals surface area contributed by atoms with Crippen molar-refractivity contribution in [3.05, 3.63) is 29.8 Å². The summed E-state index contributed by atoms with van der Waals surface area (Å²) >= 11 is 0. The minimum absolute atomic E-state index is 0.865. The molecule has 0 fully saturated rings. The molecular weight excluding hydrogens is 150 g/mol. The van der Waals surface area contributed by atoms with Gasteiger partial charge in [-0.15, -0.1) is 0 Å². The largest absolute Gasteiger partial charge is 0.496 e. The molecule has 0 saturated heterocycles. The van der Waals surface area contributed by atoms with E-state index in [0.29, 0.717) is 0 Å². The lowest BCUT2D eigenvalue weighted by atomic mass is 10.2. The standard InChI is InChI=1S/C10H14NO/c1-11(2)8-9-6-4-5-7-10(9)12-3/h4-5,7H,8H2,1-3H3. The summed E-state index contributed by atoms with van der Waals surface area (Å²) in [6, 6.07) is 8.94. The highest BCUT2D eigenvalue weighted by atomic mass is 16.5. The highest BCUT2D eigenvalue weighted by Crippen LogP contribution is 2.17. The van der Waals surface area contributed by atoms with Crippen molar-refractivity contribution in [1.29, 1.82) is 0 Å². The summed E-state index contributed by atoms with van der Waals surface area (Å²) in [5.41, 5.74) is 1.10. The van der Waals surface area contributed by atoms with Crippen molar-refractivity contribution in [2.24, 2.45) is 0 Å². The smallest absolute Gasteiger partial charge is 0.123 e. The number of rotatable bonds is 3. The Bertz CT molecular complexity index is 245. The zero-order valence-electron chi connectivity index (χ0n) is 7.79. The monoisotopic (exact) mass is 164 g/mol. The first-order valence-electron chi connectivity index (χ1n) is 3.92. The van der Waals surface area contributed by atoms with E-state index in [2.05, 4.69) is 11.0 Å². The van der Waals surface area contributed by atoms with Crippen LogP contribution in [0.15, 0.2) is 18.2 Å². The zero-order valence-corrected chi connectivity index (χ0v) is 7.79. The van der Waals surface area contributed by atoms with E-state index in [0.717, 1.165) is 17.9 Å². The van der Waals surface area contributed by atoms with Crippen molar-refractivity contribution >= 4 is 0 Å². The van der Waals surface area contributed by atoms with Crippen LogP contribution in [0.25, 0.3) is 0 Å². The molecule has 1 aromatic rings. The number of ether oxygens (including phenoxy) is 1. The molecule has 0 N–H and O–H groups in total. The molecule has 0 bridgehead atoms. The Kier molecular flexibility index (Phi) is 3.11. The molecular formula is C10H14NO. The quantitative estimate of drug-likeness (QED) is 0.672. The van der Waals surface area contributed by atoms with Gasteiger partial charge >= 0.3 is 0 Å². The van der Waals surface area contributed by atoms with Crippen LogP contribution >= 0.6 is 0 Å². The number of nitrogens with zero attached hydrogens (tertiary/aromatic N) is 1. The van der Waals surface area contributed by atoms with E-state index in [-0.39, 0.29) is 0 Å². The number of hydrogen-bond acceptors (Lipinski definition) is 2. The first kappa shape index (κ1) is 9.07. The normalized spacial score (nSPS) is 10.3. The van der Waals surface area contributed by atoms with Crippen LogP contribution in [-0.4, -0.2) is 26.1 Å². The van der Waals surface area contributed by atoms with Gasteiger partial charge in [-0.2, -0.15) is 0 Å². The summed E-state index contributed by atoms with van der Waals surface area (Å²) in [4.78, 5) is 2.09. The van der Waals surface area contributed by atoms with Crippen LogP contribution in [0.5, 0.6) is 5.75 Å². The third kappa shape index (κ3) is 2.24. The Hall–Kier alpha value is -1.02. The molecule has 0 aromatic heterocycles.